The third-order valence-corrected chi connectivity index (χ3v) is 5.40. The molecule has 0 saturated carbocycles. The van der Waals surface area contributed by atoms with Gasteiger partial charge in [-0.25, -0.2) is 4.79 Å². The number of thioether (sulfide) groups is 1. The fraction of sp³-hybridized carbons (Fsp3) is 0.150. The summed E-state index contributed by atoms with van der Waals surface area (Å²) in [5, 5.41) is 9.65. The van der Waals surface area contributed by atoms with Gasteiger partial charge in [-0.1, -0.05) is 84.1 Å². The smallest absolute Gasteiger partial charge is 0.327 e. The van der Waals surface area contributed by atoms with E-state index < -0.39 is 12.0 Å². The lowest BCUT2D eigenvalue weighted by Crippen LogP contribution is -2.45. The average molecular weight is 383 g/mol. The van der Waals surface area contributed by atoms with E-state index in [9.17, 15) is 14.7 Å². The van der Waals surface area contributed by atoms with Gasteiger partial charge in [0.1, 0.15) is 10.4 Å². The Kier molecular flexibility index (Phi) is 5.54. The summed E-state index contributed by atoms with van der Waals surface area (Å²) in [4.78, 5) is 26.3. The van der Waals surface area contributed by atoms with Crippen molar-refractivity contribution >= 4 is 46.3 Å². The highest BCUT2D eigenvalue weighted by molar-refractivity contribution is 8.26. The van der Waals surface area contributed by atoms with E-state index >= 15 is 0 Å². The summed E-state index contributed by atoms with van der Waals surface area (Å²) in [5.41, 5.74) is 2.85. The second kappa shape index (κ2) is 7.85. The molecule has 2 aromatic carbocycles. The van der Waals surface area contributed by atoms with Crippen LogP contribution in [0.3, 0.4) is 0 Å². The molecule has 132 valence electrons. The number of benzene rings is 2. The molecule has 1 saturated heterocycles. The number of carboxylic acid groups (broad SMARTS) is 1. The van der Waals surface area contributed by atoms with E-state index in [0.717, 1.165) is 28.5 Å². The molecule has 26 heavy (non-hydrogen) atoms. The number of amides is 1. The van der Waals surface area contributed by atoms with Crippen LogP contribution in [0.4, 0.5) is 0 Å². The monoisotopic (exact) mass is 383 g/mol. The van der Waals surface area contributed by atoms with Gasteiger partial charge in [0.15, 0.2) is 0 Å². The lowest BCUT2D eigenvalue weighted by atomic mass is 10.0. The number of hydrogen-bond donors (Lipinski definition) is 1. The molecule has 1 aliphatic heterocycles. The van der Waals surface area contributed by atoms with Crippen molar-refractivity contribution in [2.75, 3.05) is 0 Å². The Labute approximate surface area is 161 Å². The van der Waals surface area contributed by atoms with Crippen molar-refractivity contribution in [3.63, 3.8) is 0 Å². The first kappa shape index (κ1) is 18.4. The predicted molar refractivity (Wildman–Crippen MR) is 108 cm³/mol. The van der Waals surface area contributed by atoms with Crippen LogP contribution in [0, 0.1) is 6.92 Å². The summed E-state index contributed by atoms with van der Waals surface area (Å²) in [5.74, 6) is -1.43. The van der Waals surface area contributed by atoms with Crippen molar-refractivity contribution in [2.45, 2.75) is 19.4 Å². The van der Waals surface area contributed by atoms with Crippen molar-refractivity contribution in [3.05, 3.63) is 76.2 Å². The molecule has 1 heterocycles. The molecule has 0 aromatic heterocycles. The van der Waals surface area contributed by atoms with Gasteiger partial charge < -0.3 is 5.11 Å². The average Bonchev–Trinajstić information content (AvgIpc) is 2.89. The van der Waals surface area contributed by atoms with Gasteiger partial charge in [0, 0.05) is 6.42 Å². The number of nitrogens with zero attached hydrogens (tertiary/aromatic N) is 1. The Balaban J connectivity index is 1.86. The number of aliphatic carboxylic acids is 1. The molecule has 1 amide bonds. The summed E-state index contributed by atoms with van der Waals surface area (Å²) in [6.07, 6.45) is 1.96. The van der Waals surface area contributed by atoms with Crippen LogP contribution in [0.1, 0.15) is 16.7 Å². The summed E-state index contributed by atoms with van der Waals surface area (Å²) in [6, 6.07) is 16.0. The van der Waals surface area contributed by atoms with Crippen molar-refractivity contribution in [1.82, 2.24) is 4.90 Å². The fourth-order valence-corrected chi connectivity index (χ4v) is 4.05. The van der Waals surface area contributed by atoms with E-state index in [1.165, 1.54) is 4.90 Å². The summed E-state index contributed by atoms with van der Waals surface area (Å²) < 4.78 is 0.275. The van der Waals surface area contributed by atoms with E-state index in [0.29, 0.717) is 4.91 Å². The molecule has 2 aromatic rings. The number of hydrogen-bond acceptors (Lipinski definition) is 4. The SMILES string of the molecule is Cc1ccc(/C=C2/SC(=S)N([C@@H](Cc3ccccc3)C(=O)O)C2=O)cc1. The summed E-state index contributed by atoms with van der Waals surface area (Å²) in [6.45, 7) is 1.99. The highest BCUT2D eigenvalue weighted by atomic mass is 32.2. The normalized spacial score (nSPS) is 17.0. The van der Waals surface area contributed by atoms with Crippen LogP contribution < -0.4 is 0 Å². The Morgan fingerprint density at radius 1 is 1.19 bits per heavy atom. The molecule has 0 unspecified atom stereocenters. The fourth-order valence-electron chi connectivity index (χ4n) is 2.69. The number of aryl methyl sites for hydroxylation is 1. The van der Waals surface area contributed by atoms with Gasteiger partial charge in [-0.2, -0.15) is 0 Å². The Morgan fingerprint density at radius 3 is 2.46 bits per heavy atom. The standard InChI is InChI=1S/C20H17NO3S2/c1-13-7-9-15(10-8-13)12-17-18(22)21(20(25)26-17)16(19(23)24)11-14-5-3-2-4-6-14/h2-10,12,16H,11H2,1H3,(H,23,24)/b17-12+/t16-/m0/s1. The second-order valence-corrected chi connectivity index (χ2v) is 7.68. The van der Waals surface area contributed by atoms with E-state index in [2.05, 4.69) is 0 Å². The van der Waals surface area contributed by atoms with Gasteiger partial charge in [-0.3, -0.25) is 9.69 Å². The van der Waals surface area contributed by atoms with Crippen molar-refractivity contribution < 1.29 is 14.7 Å². The van der Waals surface area contributed by atoms with E-state index in [4.69, 9.17) is 12.2 Å². The van der Waals surface area contributed by atoms with Crippen molar-refractivity contribution in [3.8, 4) is 0 Å². The van der Waals surface area contributed by atoms with Crippen LogP contribution in [-0.4, -0.2) is 32.2 Å². The maximum Gasteiger partial charge on any atom is 0.327 e. The molecule has 1 fully saturated rings. The van der Waals surface area contributed by atoms with Gasteiger partial charge in [0.05, 0.1) is 4.91 Å². The molecular formula is C20H17NO3S2. The van der Waals surface area contributed by atoms with Crippen LogP contribution in [0.5, 0.6) is 0 Å². The van der Waals surface area contributed by atoms with Crippen LogP contribution in [0.2, 0.25) is 0 Å². The topological polar surface area (TPSA) is 57.6 Å². The highest BCUT2D eigenvalue weighted by Crippen LogP contribution is 2.34. The molecule has 3 rings (SSSR count). The van der Waals surface area contributed by atoms with Crippen LogP contribution in [0.25, 0.3) is 6.08 Å². The predicted octanol–water partition coefficient (Wildman–Crippen LogP) is 3.89. The lowest BCUT2D eigenvalue weighted by Gasteiger charge is -2.23. The molecular weight excluding hydrogens is 366 g/mol. The molecule has 0 radical (unpaired) electrons. The third-order valence-electron chi connectivity index (χ3n) is 4.07. The third kappa shape index (κ3) is 4.03. The van der Waals surface area contributed by atoms with Crippen LogP contribution in [-0.2, 0) is 16.0 Å². The Bertz CT molecular complexity index is 876. The number of carboxylic acids is 1. The number of thiocarbonyl (C=S) groups is 1. The largest absolute Gasteiger partial charge is 0.480 e. The molecule has 1 N–H and O–H groups in total. The molecule has 1 atom stereocenters. The maximum atomic E-state index is 12.8. The van der Waals surface area contributed by atoms with Crippen LogP contribution in [0.15, 0.2) is 59.5 Å². The Hall–Kier alpha value is -2.44. The van der Waals surface area contributed by atoms with E-state index in [1.54, 1.807) is 6.08 Å². The first-order chi connectivity index (χ1) is 12.5. The molecule has 6 heteroatoms. The van der Waals surface area contributed by atoms with Gasteiger partial charge in [0.25, 0.3) is 5.91 Å². The van der Waals surface area contributed by atoms with Crippen molar-refractivity contribution in [2.24, 2.45) is 0 Å². The minimum absolute atomic E-state index is 0.209. The zero-order chi connectivity index (χ0) is 18.7. The molecule has 4 nitrogen and oxygen atoms in total. The minimum atomic E-state index is -1.07. The zero-order valence-electron chi connectivity index (χ0n) is 14.1. The molecule has 1 aliphatic rings. The second-order valence-electron chi connectivity index (χ2n) is 6.01. The summed E-state index contributed by atoms with van der Waals surface area (Å²) >= 11 is 6.45. The number of carbonyl (C=O) groups is 2. The summed E-state index contributed by atoms with van der Waals surface area (Å²) in [7, 11) is 0. The lowest BCUT2D eigenvalue weighted by molar-refractivity contribution is -0.145. The number of carbonyl (C=O) groups excluding carboxylic acids is 1. The first-order valence-electron chi connectivity index (χ1n) is 8.06. The van der Waals surface area contributed by atoms with E-state index in [-0.39, 0.29) is 16.6 Å². The number of rotatable bonds is 5. The van der Waals surface area contributed by atoms with E-state index in [1.807, 2.05) is 61.5 Å². The Morgan fingerprint density at radius 2 is 1.85 bits per heavy atom. The maximum absolute atomic E-state index is 12.8. The van der Waals surface area contributed by atoms with Crippen LogP contribution >= 0.6 is 24.0 Å². The van der Waals surface area contributed by atoms with Gasteiger partial charge in [-0.05, 0) is 24.1 Å². The van der Waals surface area contributed by atoms with Crippen molar-refractivity contribution in [1.29, 1.82) is 0 Å². The molecule has 0 bridgehead atoms. The zero-order valence-corrected chi connectivity index (χ0v) is 15.7. The first-order valence-corrected chi connectivity index (χ1v) is 9.28. The van der Waals surface area contributed by atoms with Gasteiger partial charge >= 0.3 is 5.97 Å². The van der Waals surface area contributed by atoms with Gasteiger partial charge in [0.2, 0.25) is 0 Å². The molecule has 0 aliphatic carbocycles. The minimum Gasteiger partial charge on any atom is -0.480 e. The molecule has 0 spiro atoms. The highest BCUT2D eigenvalue weighted by Gasteiger charge is 2.40. The van der Waals surface area contributed by atoms with Gasteiger partial charge in [-0.15, -0.1) is 0 Å². The quantitative estimate of drug-likeness (QED) is 0.627.